The molecule has 0 spiro atoms. The molecule has 0 N–H and O–H groups in total. The third-order valence-corrected chi connectivity index (χ3v) is 6.95. The first kappa shape index (κ1) is 19.5. The Bertz CT molecular complexity index is 190. The summed E-state index contributed by atoms with van der Waals surface area (Å²) in [5, 5.41) is 0. The molecule has 0 aliphatic heterocycles. The molecule has 0 amide bonds. The molecule has 0 bridgehead atoms. The standard InChI is InChI=1S/C16H30S3/c1-3-5-7-9-11-13-15-17-19-18-16-14-12-10-8-6-4-2/h7-10H,3-6,11-16H2,1-2H3/b9-7+,10-8+. The molecule has 0 aromatic rings. The average Bonchev–Trinajstić information content (AvgIpc) is 2.43. The molecule has 0 aromatic carbocycles. The van der Waals surface area contributed by atoms with Crippen LogP contribution in [0.15, 0.2) is 24.3 Å². The van der Waals surface area contributed by atoms with E-state index in [9.17, 15) is 0 Å². The topological polar surface area (TPSA) is 0 Å². The largest absolute Gasteiger partial charge is 0.0885 e. The summed E-state index contributed by atoms with van der Waals surface area (Å²) in [6.45, 7) is 4.46. The van der Waals surface area contributed by atoms with E-state index >= 15 is 0 Å². The first-order valence-corrected chi connectivity index (χ1v) is 11.4. The Balaban J connectivity index is 3.02. The van der Waals surface area contributed by atoms with Gasteiger partial charge in [-0.05, 0) is 48.4 Å². The van der Waals surface area contributed by atoms with Gasteiger partial charge >= 0.3 is 0 Å². The summed E-state index contributed by atoms with van der Waals surface area (Å²) < 4.78 is 0. The number of rotatable bonds is 14. The molecule has 0 heterocycles. The fourth-order valence-electron chi connectivity index (χ4n) is 1.43. The van der Waals surface area contributed by atoms with Crippen LogP contribution in [0.2, 0.25) is 0 Å². The molecule has 0 saturated carbocycles. The zero-order valence-electron chi connectivity index (χ0n) is 12.6. The SMILES string of the molecule is CCC/C=C/CCCSSSCCC/C=C/CCC. The highest BCUT2D eigenvalue weighted by atomic mass is 33.5. The Morgan fingerprint density at radius 2 is 1.05 bits per heavy atom. The summed E-state index contributed by atoms with van der Waals surface area (Å²) in [4.78, 5) is 0. The van der Waals surface area contributed by atoms with Gasteiger partial charge in [0.15, 0.2) is 0 Å². The van der Waals surface area contributed by atoms with Crippen LogP contribution < -0.4 is 0 Å². The second-order valence-electron chi connectivity index (χ2n) is 4.52. The van der Waals surface area contributed by atoms with Crippen LogP contribution in [0.5, 0.6) is 0 Å². The minimum absolute atomic E-state index is 1.24. The molecule has 0 nitrogen and oxygen atoms in total. The maximum absolute atomic E-state index is 2.34. The molecule has 0 radical (unpaired) electrons. The van der Waals surface area contributed by atoms with Gasteiger partial charge in [0.1, 0.15) is 0 Å². The predicted molar refractivity (Wildman–Crippen MR) is 99.1 cm³/mol. The summed E-state index contributed by atoms with van der Waals surface area (Å²) in [6.07, 6.45) is 19.5. The smallest absolute Gasteiger partial charge is 0.00480 e. The number of unbranched alkanes of at least 4 members (excludes halogenated alkanes) is 4. The third-order valence-electron chi connectivity index (χ3n) is 2.54. The zero-order valence-corrected chi connectivity index (χ0v) is 15.1. The van der Waals surface area contributed by atoms with E-state index in [1.54, 1.807) is 0 Å². The summed E-state index contributed by atoms with van der Waals surface area (Å²) in [6, 6.07) is 0. The van der Waals surface area contributed by atoms with Gasteiger partial charge in [-0.15, -0.1) is 0 Å². The number of hydrogen-bond donors (Lipinski definition) is 0. The van der Waals surface area contributed by atoms with Crippen LogP contribution in [-0.4, -0.2) is 11.5 Å². The molecule has 0 aromatic heterocycles. The molecule has 112 valence electrons. The van der Waals surface area contributed by atoms with Crippen LogP contribution in [0.25, 0.3) is 0 Å². The third kappa shape index (κ3) is 18.5. The Kier molecular flexibility index (Phi) is 19.0. The molecule has 3 heteroatoms. The van der Waals surface area contributed by atoms with Gasteiger partial charge in [-0.1, -0.05) is 72.6 Å². The van der Waals surface area contributed by atoms with Crippen molar-refractivity contribution in [1.82, 2.24) is 0 Å². The van der Waals surface area contributed by atoms with Crippen molar-refractivity contribution in [2.45, 2.75) is 65.2 Å². The summed E-state index contributed by atoms with van der Waals surface area (Å²) >= 11 is 0. The van der Waals surface area contributed by atoms with E-state index in [1.165, 1.54) is 62.9 Å². The monoisotopic (exact) mass is 318 g/mol. The maximum atomic E-state index is 2.34. The minimum Gasteiger partial charge on any atom is -0.0885 e. The normalized spacial score (nSPS) is 11.9. The van der Waals surface area contributed by atoms with Crippen molar-refractivity contribution in [1.29, 1.82) is 0 Å². The van der Waals surface area contributed by atoms with Crippen LogP contribution >= 0.6 is 31.4 Å². The lowest BCUT2D eigenvalue weighted by molar-refractivity contribution is 0.927. The van der Waals surface area contributed by atoms with Crippen LogP contribution in [0.4, 0.5) is 0 Å². The maximum Gasteiger partial charge on any atom is 0.00480 e. The fourth-order valence-corrected chi connectivity index (χ4v) is 5.36. The summed E-state index contributed by atoms with van der Waals surface area (Å²) in [7, 11) is 6.01. The molecule has 0 saturated heterocycles. The van der Waals surface area contributed by atoms with E-state index < -0.39 is 0 Å². The molecule has 0 aliphatic rings. The highest BCUT2D eigenvalue weighted by Gasteiger charge is 1.92. The minimum atomic E-state index is 1.24. The van der Waals surface area contributed by atoms with E-state index in [1.807, 2.05) is 31.4 Å². The van der Waals surface area contributed by atoms with Gasteiger partial charge in [0.25, 0.3) is 0 Å². The second-order valence-corrected chi connectivity index (χ2v) is 8.99. The van der Waals surface area contributed by atoms with Crippen molar-refractivity contribution in [2.24, 2.45) is 0 Å². The van der Waals surface area contributed by atoms with Crippen molar-refractivity contribution < 1.29 is 0 Å². The quantitative estimate of drug-likeness (QED) is 0.187. The molecule has 0 rings (SSSR count). The van der Waals surface area contributed by atoms with E-state index in [0.717, 1.165) is 0 Å². The van der Waals surface area contributed by atoms with Gasteiger partial charge in [-0.25, -0.2) is 0 Å². The molecule has 0 unspecified atom stereocenters. The van der Waals surface area contributed by atoms with Crippen molar-refractivity contribution in [3.05, 3.63) is 24.3 Å². The Morgan fingerprint density at radius 3 is 1.47 bits per heavy atom. The molecular formula is C16H30S3. The summed E-state index contributed by atoms with van der Waals surface area (Å²) in [5.74, 6) is 2.56. The van der Waals surface area contributed by atoms with Gasteiger partial charge in [0.2, 0.25) is 0 Å². The average molecular weight is 319 g/mol. The molecular weight excluding hydrogens is 288 g/mol. The predicted octanol–water partition coefficient (Wildman–Crippen LogP) is 7.29. The van der Waals surface area contributed by atoms with Gasteiger partial charge in [-0.2, -0.15) is 0 Å². The van der Waals surface area contributed by atoms with Crippen LogP contribution in [0.3, 0.4) is 0 Å². The van der Waals surface area contributed by atoms with Gasteiger partial charge in [0.05, 0.1) is 0 Å². The van der Waals surface area contributed by atoms with Gasteiger partial charge in [0, 0.05) is 11.5 Å². The lowest BCUT2D eigenvalue weighted by Crippen LogP contribution is -1.76. The highest BCUT2D eigenvalue weighted by Crippen LogP contribution is 2.35. The van der Waals surface area contributed by atoms with E-state index in [0.29, 0.717) is 0 Å². The van der Waals surface area contributed by atoms with Gasteiger partial charge in [-0.3, -0.25) is 0 Å². The van der Waals surface area contributed by atoms with E-state index in [4.69, 9.17) is 0 Å². The first-order valence-electron chi connectivity index (χ1n) is 7.62. The van der Waals surface area contributed by atoms with Gasteiger partial charge < -0.3 is 0 Å². The Hall–Kier alpha value is 0.530. The number of allylic oxidation sites excluding steroid dienone is 4. The lowest BCUT2D eigenvalue weighted by Gasteiger charge is -1.99. The molecule has 0 fully saturated rings. The second kappa shape index (κ2) is 18.5. The highest BCUT2D eigenvalue weighted by molar-refractivity contribution is 9.09. The Labute approximate surface area is 132 Å². The van der Waals surface area contributed by atoms with Crippen LogP contribution in [0.1, 0.15) is 65.2 Å². The molecule has 0 atom stereocenters. The molecule has 19 heavy (non-hydrogen) atoms. The summed E-state index contributed by atoms with van der Waals surface area (Å²) in [5.41, 5.74) is 0. The molecule has 0 aliphatic carbocycles. The Morgan fingerprint density at radius 1 is 0.632 bits per heavy atom. The lowest BCUT2D eigenvalue weighted by atomic mass is 10.2. The van der Waals surface area contributed by atoms with Crippen LogP contribution in [-0.2, 0) is 0 Å². The zero-order chi connectivity index (χ0) is 14.0. The van der Waals surface area contributed by atoms with Crippen LogP contribution in [0, 0.1) is 0 Å². The van der Waals surface area contributed by atoms with Crippen molar-refractivity contribution in [3.63, 3.8) is 0 Å². The number of hydrogen-bond acceptors (Lipinski definition) is 3. The van der Waals surface area contributed by atoms with E-state index in [2.05, 4.69) is 38.2 Å². The van der Waals surface area contributed by atoms with Crippen molar-refractivity contribution in [2.75, 3.05) is 11.5 Å². The van der Waals surface area contributed by atoms with Crippen molar-refractivity contribution >= 4 is 31.4 Å². The fraction of sp³-hybridized carbons (Fsp3) is 0.750. The first-order chi connectivity index (χ1) is 9.41. The van der Waals surface area contributed by atoms with Crippen molar-refractivity contribution in [3.8, 4) is 0 Å². The van der Waals surface area contributed by atoms with E-state index in [-0.39, 0.29) is 0 Å².